The van der Waals surface area contributed by atoms with Crippen molar-refractivity contribution in [1.29, 1.82) is 0 Å². The van der Waals surface area contributed by atoms with Crippen molar-refractivity contribution >= 4 is 35.3 Å². The van der Waals surface area contributed by atoms with Crippen LogP contribution in [0, 0.1) is 0 Å². The summed E-state index contributed by atoms with van der Waals surface area (Å²) >= 11 is 0. The van der Waals surface area contributed by atoms with Crippen LogP contribution in [0.4, 0.5) is 0 Å². The van der Waals surface area contributed by atoms with Crippen molar-refractivity contribution in [3.63, 3.8) is 0 Å². The maximum Gasteiger partial charge on any atom is 0.355 e. The first kappa shape index (κ1) is 24.0. The second-order valence-electron chi connectivity index (χ2n) is 6.02. The fourth-order valence-corrected chi connectivity index (χ4v) is 2.61. The molecule has 168 valence electrons. The fraction of sp³-hybridized carbons (Fsp3) is 0.238. The Labute approximate surface area is 182 Å². The molecule has 11 nitrogen and oxygen atoms in total. The van der Waals surface area contributed by atoms with Crippen LogP contribution >= 0.6 is 0 Å². The quantitative estimate of drug-likeness (QED) is 0.201. The van der Waals surface area contributed by atoms with Gasteiger partial charge in [0.15, 0.2) is 11.2 Å². The van der Waals surface area contributed by atoms with Gasteiger partial charge in [0, 0.05) is 5.56 Å². The molecule has 1 aliphatic heterocycles. The van der Waals surface area contributed by atoms with Gasteiger partial charge in [-0.2, -0.15) is 0 Å². The molecule has 2 rings (SSSR count). The van der Waals surface area contributed by atoms with Gasteiger partial charge in [-0.3, -0.25) is 9.36 Å². The van der Waals surface area contributed by atoms with Crippen LogP contribution in [-0.4, -0.2) is 62.6 Å². The molecule has 2 aliphatic rings. The van der Waals surface area contributed by atoms with E-state index in [-0.39, 0.29) is 16.9 Å². The van der Waals surface area contributed by atoms with E-state index in [9.17, 15) is 19.2 Å². The van der Waals surface area contributed by atoms with Crippen LogP contribution in [-0.2, 0) is 38.1 Å². The number of ether oxygens (including phenoxy) is 4. The Bertz CT molecular complexity index is 1130. The molecule has 0 atom stereocenters. The predicted molar refractivity (Wildman–Crippen MR) is 111 cm³/mol. The molecular formula is C21H21N3O8. The summed E-state index contributed by atoms with van der Waals surface area (Å²) in [6, 6.07) is 10.3. The summed E-state index contributed by atoms with van der Waals surface area (Å²) in [7, 11) is 4.60. The van der Waals surface area contributed by atoms with Crippen LogP contribution in [0.25, 0.3) is 17.0 Å². The minimum atomic E-state index is -0.883. The van der Waals surface area contributed by atoms with Gasteiger partial charge in [-0.25, -0.2) is 14.4 Å². The van der Waals surface area contributed by atoms with Crippen molar-refractivity contribution in [2.24, 2.45) is 10.2 Å². The Balaban J connectivity index is 2.83. The number of carbonyl (C=O) groups is 4. The molecule has 0 bridgehead atoms. The highest BCUT2D eigenvalue weighted by Crippen LogP contribution is 2.23. The standard InChI is InChI=1S/C21H21N3O8/c1-29-18(25)11-14(20(27)31-3)22-23-17-10-13-8-6-5-7-9-15(13)24(17)16(21(28)32-4)12-19(26)30-2/h5-10,12H,11H2,1-4H3/b16-12+,22-14-,23-17-. The maximum atomic E-state index is 12.5. The summed E-state index contributed by atoms with van der Waals surface area (Å²) in [6.07, 6.45) is 0.459. The molecule has 11 heteroatoms. The Morgan fingerprint density at radius 3 is 2.22 bits per heavy atom. The van der Waals surface area contributed by atoms with Crippen LogP contribution in [0.2, 0.25) is 0 Å². The van der Waals surface area contributed by atoms with E-state index in [1.807, 2.05) is 0 Å². The molecule has 0 aromatic rings. The minimum absolute atomic E-state index is 0.0676. The summed E-state index contributed by atoms with van der Waals surface area (Å²) in [5.74, 6) is -3.25. The molecule has 0 unspecified atom stereocenters. The topological polar surface area (TPSA) is 135 Å². The number of methoxy groups -OCH3 is 4. The van der Waals surface area contributed by atoms with Crippen molar-refractivity contribution < 1.29 is 38.1 Å². The van der Waals surface area contributed by atoms with Crippen molar-refractivity contribution in [1.82, 2.24) is 4.57 Å². The fourth-order valence-electron chi connectivity index (χ4n) is 2.61. The molecule has 1 heterocycles. The van der Waals surface area contributed by atoms with E-state index in [0.29, 0.717) is 11.3 Å². The van der Waals surface area contributed by atoms with E-state index in [1.54, 1.807) is 36.4 Å². The van der Waals surface area contributed by atoms with Gasteiger partial charge < -0.3 is 18.9 Å². The summed E-state index contributed by atoms with van der Waals surface area (Å²) in [4.78, 5) is 48.0. The SMILES string of the molecule is COC(=O)/C=C(\C(=O)OC)n1c2cccccc-2c/c1=N/N=C(/CC(=O)OC)C(=O)OC. The van der Waals surface area contributed by atoms with Crippen molar-refractivity contribution in [2.45, 2.75) is 6.42 Å². The monoisotopic (exact) mass is 443 g/mol. The number of rotatable bonds is 7. The lowest BCUT2D eigenvalue weighted by Gasteiger charge is -2.10. The molecule has 32 heavy (non-hydrogen) atoms. The lowest BCUT2D eigenvalue weighted by atomic mass is 10.2. The van der Waals surface area contributed by atoms with Crippen LogP contribution < -0.4 is 5.49 Å². The number of aromatic nitrogens is 1. The highest BCUT2D eigenvalue weighted by Gasteiger charge is 2.22. The maximum absolute atomic E-state index is 12.5. The second kappa shape index (κ2) is 11.2. The Hall–Kier alpha value is -4.28. The average Bonchev–Trinajstić information content (AvgIpc) is 2.98. The van der Waals surface area contributed by atoms with Gasteiger partial charge in [-0.05, 0) is 12.1 Å². The molecular weight excluding hydrogens is 422 g/mol. The van der Waals surface area contributed by atoms with Crippen molar-refractivity contribution in [3.8, 4) is 11.3 Å². The number of hydrogen-bond donors (Lipinski definition) is 0. The van der Waals surface area contributed by atoms with Gasteiger partial charge in [0.05, 0.1) is 46.6 Å². The third kappa shape index (κ3) is 5.65. The molecule has 0 aromatic heterocycles. The van der Waals surface area contributed by atoms with Crippen LogP contribution in [0.1, 0.15) is 6.42 Å². The van der Waals surface area contributed by atoms with Crippen LogP contribution in [0.3, 0.4) is 0 Å². The van der Waals surface area contributed by atoms with Crippen molar-refractivity contribution in [2.75, 3.05) is 28.4 Å². The van der Waals surface area contributed by atoms with Gasteiger partial charge in [-0.15, -0.1) is 10.2 Å². The summed E-state index contributed by atoms with van der Waals surface area (Å²) in [5.41, 5.74) is 0.659. The highest BCUT2D eigenvalue weighted by molar-refractivity contribution is 6.39. The third-order valence-corrected chi connectivity index (χ3v) is 4.13. The summed E-state index contributed by atoms with van der Waals surface area (Å²) in [5, 5.41) is 7.87. The zero-order chi connectivity index (χ0) is 23.7. The Morgan fingerprint density at radius 1 is 0.906 bits per heavy atom. The number of hydrogen-bond acceptors (Lipinski definition) is 10. The smallest absolute Gasteiger partial charge is 0.355 e. The molecule has 0 spiro atoms. The van der Waals surface area contributed by atoms with Gasteiger partial charge >= 0.3 is 23.9 Å². The van der Waals surface area contributed by atoms with E-state index in [0.717, 1.165) is 34.5 Å². The highest BCUT2D eigenvalue weighted by atomic mass is 16.5. The number of nitrogens with zero attached hydrogens (tertiary/aromatic N) is 3. The van der Waals surface area contributed by atoms with Gasteiger partial charge in [-0.1, -0.05) is 24.3 Å². The van der Waals surface area contributed by atoms with Crippen molar-refractivity contribution in [3.05, 3.63) is 48.0 Å². The lowest BCUT2D eigenvalue weighted by molar-refractivity contribution is -0.140. The number of esters is 4. The Kier molecular flexibility index (Phi) is 8.40. The number of fused-ring (bicyclic) bond motifs is 1. The molecule has 0 radical (unpaired) electrons. The number of carbonyl (C=O) groups excluding carboxylic acids is 4. The van der Waals surface area contributed by atoms with Gasteiger partial charge in [0.2, 0.25) is 0 Å². The van der Waals surface area contributed by atoms with Gasteiger partial charge in [0.25, 0.3) is 0 Å². The van der Waals surface area contributed by atoms with E-state index < -0.39 is 30.3 Å². The molecule has 0 N–H and O–H groups in total. The van der Waals surface area contributed by atoms with Crippen LogP contribution in [0.5, 0.6) is 0 Å². The largest absolute Gasteiger partial charge is 0.469 e. The molecule has 0 amide bonds. The van der Waals surface area contributed by atoms with E-state index in [4.69, 9.17) is 4.74 Å². The minimum Gasteiger partial charge on any atom is -0.469 e. The van der Waals surface area contributed by atoms with E-state index in [2.05, 4.69) is 24.4 Å². The van der Waals surface area contributed by atoms with Gasteiger partial charge in [0.1, 0.15) is 5.70 Å². The summed E-state index contributed by atoms with van der Waals surface area (Å²) in [6.45, 7) is 0. The van der Waals surface area contributed by atoms with E-state index in [1.165, 1.54) is 4.57 Å². The normalized spacial score (nSPS) is 12.3. The predicted octanol–water partition coefficient (Wildman–Crippen LogP) is 0.773. The first-order valence-electron chi connectivity index (χ1n) is 9.11. The zero-order valence-corrected chi connectivity index (χ0v) is 17.9. The molecule has 0 saturated heterocycles. The first-order valence-corrected chi connectivity index (χ1v) is 9.11. The van der Waals surface area contributed by atoms with E-state index >= 15 is 0 Å². The zero-order valence-electron chi connectivity index (χ0n) is 17.9. The summed E-state index contributed by atoms with van der Waals surface area (Å²) < 4.78 is 19.9. The molecule has 1 aliphatic carbocycles. The molecule has 0 fully saturated rings. The average molecular weight is 443 g/mol. The second-order valence-corrected chi connectivity index (χ2v) is 6.02. The molecule has 0 saturated carbocycles. The lowest BCUT2D eigenvalue weighted by Crippen LogP contribution is -2.23. The Morgan fingerprint density at radius 2 is 1.59 bits per heavy atom. The first-order chi connectivity index (χ1) is 15.4. The third-order valence-electron chi connectivity index (χ3n) is 4.13. The van der Waals surface area contributed by atoms with Crippen LogP contribution in [0.15, 0.2) is 52.7 Å². The molecule has 0 aromatic carbocycles.